The lowest BCUT2D eigenvalue weighted by Crippen LogP contribution is -2.66. The van der Waals surface area contributed by atoms with Crippen LogP contribution >= 0.6 is 15.9 Å². The van der Waals surface area contributed by atoms with Gasteiger partial charge >= 0.3 is 0 Å². The predicted molar refractivity (Wildman–Crippen MR) is 134 cm³/mol. The molecule has 1 aliphatic rings. The number of benzene rings is 3. The minimum atomic E-state index is -2.46. The summed E-state index contributed by atoms with van der Waals surface area (Å²) in [6.07, 6.45) is 1.18. The summed E-state index contributed by atoms with van der Waals surface area (Å²) in [5.74, 6) is 0.543. The molecular weight excluding hydrogens is 448 g/mol. The Labute approximate surface area is 190 Å². The molecule has 2 unspecified atom stereocenters. The summed E-state index contributed by atoms with van der Waals surface area (Å²) in [4.78, 5) is 0. The van der Waals surface area contributed by atoms with Gasteiger partial charge in [-0.25, -0.2) is 0 Å². The number of alkyl halides is 1. The van der Waals surface area contributed by atoms with Gasteiger partial charge in [0.05, 0.1) is 0 Å². The first kappa shape index (κ1) is 21.5. The van der Waals surface area contributed by atoms with Crippen molar-refractivity contribution >= 4 is 34.6 Å². The van der Waals surface area contributed by atoms with E-state index in [4.69, 9.17) is 4.43 Å². The molecule has 30 heavy (non-hydrogen) atoms. The van der Waals surface area contributed by atoms with Gasteiger partial charge in [0.15, 0.2) is 0 Å². The second-order valence-electron chi connectivity index (χ2n) is 9.53. The lowest BCUT2D eigenvalue weighted by Gasteiger charge is -2.43. The number of halogens is 1. The zero-order valence-electron chi connectivity index (χ0n) is 18.1. The van der Waals surface area contributed by atoms with E-state index in [-0.39, 0.29) is 10.5 Å². The number of rotatable bonds is 7. The van der Waals surface area contributed by atoms with E-state index in [1.165, 1.54) is 22.4 Å². The number of hydrogen-bond acceptors (Lipinski definition) is 1. The minimum absolute atomic E-state index is 0.0222. The molecule has 0 aliphatic heterocycles. The van der Waals surface area contributed by atoms with Gasteiger partial charge < -0.3 is 4.43 Å². The van der Waals surface area contributed by atoms with Crippen LogP contribution in [0.2, 0.25) is 5.04 Å². The van der Waals surface area contributed by atoms with Crippen molar-refractivity contribution in [3.63, 3.8) is 0 Å². The Morgan fingerprint density at radius 1 is 0.833 bits per heavy atom. The summed E-state index contributed by atoms with van der Waals surface area (Å²) >= 11 is 3.82. The minimum Gasteiger partial charge on any atom is -0.407 e. The summed E-state index contributed by atoms with van der Waals surface area (Å²) < 4.78 is 7.19. The Hall–Kier alpha value is -1.68. The molecule has 0 spiro atoms. The Morgan fingerprint density at radius 2 is 1.30 bits per heavy atom. The van der Waals surface area contributed by atoms with Crippen molar-refractivity contribution in [2.75, 3.05) is 11.9 Å². The zero-order valence-corrected chi connectivity index (χ0v) is 20.7. The van der Waals surface area contributed by atoms with Crippen LogP contribution in [0.1, 0.15) is 32.8 Å². The fourth-order valence-electron chi connectivity index (χ4n) is 4.95. The highest BCUT2D eigenvalue weighted by Gasteiger charge is 2.57. The van der Waals surface area contributed by atoms with Gasteiger partial charge in [-0.1, -0.05) is 128 Å². The number of hydrogen-bond donors (Lipinski definition) is 0. The molecule has 0 bridgehead atoms. The van der Waals surface area contributed by atoms with Crippen LogP contribution in [-0.4, -0.2) is 20.3 Å². The zero-order chi connectivity index (χ0) is 21.2. The molecule has 0 N–H and O–H groups in total. The van der Waals surface area contributed by atoms with E-state index in [9.17, 15) is 0 Å². The standard InChI is InChI=1S/C27H31BrOSi/c1-26(2,3)30(24-15-9-5-10-16-24,25-17-11-6-12-18-25)29-20-23-19-27(23,21-28)22-13-7-4-8-14-22/h4-18,23H,19-21H2,1-3H3. The molecule has 3 heteroatoms. The normalized spacial score (nSPS) is 21.4. The molecule has 0 radical (unpaired) electrons. The van der Waals surface area contributed by atoms with E-state index in [0.29, 0.717) is 5.92 Å². The van der Waals surface area contributed by atoms with Crippen molar-refractivity contribution in [3.8, 4) is 0 Å². The van der Waals surface area contributed by atoms with Crippen molar-refractivity contribution < 1.29 is 4.43 Å². The van der Waals surface area contributed by atoms with Crippen LogP contribution in [0.15, 0.2) is 91.0 Å². The van der Waals surface area contributed by atoms with Crippen LogP contribution in [0.5, 0.6) is 0 Å². The van der Waals surface area contributed by atoms with Gasteiger partial charge in [0.1, 0.15) is 0 Å². The van der Waals surface area contributed by atoms with Gasteiger partial charge in [-0.3, -0.25) is 0 Å². The molecule has 0 aromatic heterocycles. The van der Waals surface area contributed by atoms with Crippen LogP contribution < -0.4 is 10.4 Å². The molecular formula is C27H31BrOSi. The molecule has 156 valence electrons. The van der Waals surface area contributed by atoms with Gasteiger partial charge in [0.2, 0.25) is 0 Å². The molecule has 1 fully saturated rings. The first-order valence-corrected chi connectivity index (χ1v) is 13.8. The van der Waals surface area contributed by atoms with Crippen LogP contribution in [0.3, 0.4) is 0 Å². The highest BCUT2D eigenvalue weighted by Crippen LogP contribution is 2.56. The third-order valence-corrected chi connectivity index (χ3v) is 12.7. The molecule has 1 saturated carbocycles. The van der Waals surface area contributed by atoms with Gasteiger partial charge in [-0.05, 0) is 33.3 Å². The van der Waals surface area contributed by atoms with Crippen molar-refractivity contribution in [1.29, 1.82) is 0 Å². The van der Waals surface area contributed by atoms with E-state index >= 15 is 0 Å². The van der Waals surface area contributed by atoms with E-state index in [2.05, 4.69) is 128 Å². The first-order chi connectivity index (χ1) is 14.4. The third-order valence-electron chi connectivity index (χ3n) is 6.74. The lowest BCUT2D eigenvalue weighted by atomic mass is 9.96. The van der Waals surface area contributed by atoms with Crippen molar-refractivity contribution in [2.45, 2.75) is 37.6 Å². The average molecular weight is 480 g/mol. The van der Waals surface area contributed by atoms with Crippen molar-refractivity contribution in [2.24, 2.45) is 5.92 Å². The molecule has 2 atom stereocenters. The summed E-state index contributed by atoms with van der Waals surface area (Å²) in [7, 11) is -2.46. The predicted octanol–water partition coefficient (Wildman–Crippen LogP) is 5.92. The monoisotopic (exact) mass is 478 g/mol. The molecule has 0 saturated heterocycles. The molecule has 1 nitrogen and oxygen atoms in total. The van der Waals surface area contributed by atoms with E-state index in [1.807, 2.05) is 0 Å². The SMILES string of the molecule is CC(C)(C)[Si](OCC1CC1(CBr)c1ccccc1)(c1ccccc1)c1ccccc1. The Morgan fingerprint density at radius 3 is 1.73 bits per heavy atom. The fraction of sp³-hybridized carbons (Fsp3) is 0.333. The molecule has 0 amide bonds. The highest BCUT2D eigenvalue weighted by atomic mass is 79.9. The van der Waals surface area contributed by atoms with Crippen LogP contribution in [0.25, 0.3) is 0 Å². The Balaban J connectivity index is 1.70. The molecule has 4 rings (SSSR count). The van der Waals surface area contributed by atoms with Crippen molar-refractivity contribution in [3.05, 3.63) is 96.6 Å². The maximum atomic E-state index is 7.19. The smallest absolute Gasteiger partial charge is 0.261 e. The maximum Gasteiger partial charge on any atom is 0.261 e. The van der Waals surface area contributed by atoms with Gasteiger partial charge in [-0.15, -0.1) is 0 Å². The van der Waals surface area contributed by atoms with E-state index < -0.39 is 8.32 Å². The van der Waals surface area contributed by atoms with Crippen molar-refractivity contribution in [1.82, 2.24) is 0 Å². The van der Waals surface area contributed by atoms with Crippen LogP contribution in [-0.2, 0) is 9.84 Å². The van der Waals surface area contributed by atoms with E-state index in [0.717, 1.165) is 11.9 Å². The van der Waals surface area contributed by atoms with Crippen LogP contribution in [0, 0.1) is 5.92 Å². The molecule has 1 aliphatic carbocycles. The summed E-state index contributed by atoms with van der Waals surface area (Å²) in [6.45, 7) is 7.84. The average Bonchev–Trinajstić information content (AvgIpc) is 3.50. The third kappa shape index (κ3) is 3.72. The largest absolute Gasteiger partial charge is 0.407 e. The maximum absolute atomic E-state index is 7.19. The lowest BCUT2D eigenvalue weighted by molar-refractivity contribution is 0.272. The van der Waals surface area contributed by atoms with Gasteiger partial charge in [0.25, 0.3) is 8.32 Å². The summed E-state index contributed by atoms with van der Waals surface area (Å²) in [5.41, 5.74) is 1.63. The Kier molecular flexibility index (Phi) is 6.07. The van der Waals surface area contributed by atoms with E-state index in [1.54, 1.807) is 0 Å². The quantitative estimate of drug-likeness (QED) is 0.302. The van der Waals surface area contributed by atoms with Gasteiger partial charge in [-0.2, -0.15) is 0 Å². The summed E-state index contributed by atoms with van der Waals surface area (Å²) in [6, 6.07) is 32.8. The second kappa shape index (κ2) is 8.45. The molecule has 0 heterocycles. The summed E-state index contributed by atoms with van der Waals surface area (Å²) in [5, 5.41) is 3.72. The Bertz CT molecular complexity index is 913. The molecule has 3 aromatic carbocycles. The molecule has 3 aromatic rings. The highest BCUT2D eigenvalue weighted by molar-refractivity contribution is 9.09. The van der Waals surface area contributed by atoms with Gasteiger partial charge in [0, 0.05) is 17.4 Å². The fourth-order valence-corrected chi connectivity index (χ4v) is 10.6. The van der Waals surface area contributed by atoms with Crippen LogP contribution in [0.4, 0.5) is 0 Å². The topological polar surface area (TPSA) is 9.23 Å². The first-order valence-electron chi connectivity index (χ1n) is 10.8. The second-order valence-corrected chi connectivity index (χ2v) is 14.4.